The number of benzene rings is 2. The van der Waals surface area contributed by atoms with Crippen molar-refractivity contribution in [1.29, 1.82) is 0 Å². The van der Waals surface area contributed by atoms with Gasteiger partial charge in [-0.3, -0.25) is 4.79 Å². The summed E-state index contributed by atoms with van der Waals surface area (Å²) < 4.78 is 1.89. The maximum Gasteiger partial charge on any atom is 0.253 e. The zero-order chi connectivity index (χ0) is 17.1. The second-order valence-corrected chi connectivity index (χ2v) is 6.03. The summed E-state index contributed by atoms with van der Waals surface area (Å²) in [5.74, 6) is 0.0128. The zero-order valence-electron chi connectivity index (χ0n) is 14.2. The van der Waals surface area contributed by atoms with Gasteiger partial charge in [0.1, 0.15) is 0 Å². The summed E-state index contributed by atoms with van der Waals surface area (Å²) in [4.78, 5) is 14.3. The third-order valence-corrected chi connectivity index (χ3v) is 3.98. The lowest BCUT2D eigenvalue weighted by Gasteiger charge is -2.17. The van der Waals surface area contributed by atoms with Crippen LogP contribution in [0.25, 0.3) is 5.69 Å². The van der Waals surface area contributed by atoms with Gasteiger partial charge >= 0.3 is 0 Å². The molecule has 0 saturated heterocycles. The van der Waals surface area contributed by atoms with E-state index >= 15 is 0 Å². The van der Waals surface area contributed by atoms with Crippen molar-refractivity contribution in [2.75, 3.05) is 7.05 Å². The fourth-order valence-electron chi connectivity index (χ4n) is 2.78. The number of aryl methyl sites for hydroxylation is 2. The van der Waals surface area contributed by atoms with Crippen LogP contribution < -0.4 is 0 Å². The summed E-state index contributed by atoms with van der Waals surface area (Å²) >= 11 is 0. The Morgan fingerprint density at radius 2 is 1.71 bits per heavy atom. The van der Waals surface area contributed by atoms with Gasteiger partial charge in [0.2, 0.25) is 0 Å². The lowest BCUT2D eigenvalue weighted by Crippen LogP contribution is -2.26. The standard InChI is InChI=1S/C20H21N3O/c1-15-13-16(2)23(21-15)19-11-9-18(10-12-19)20(24)22(3)14-17-7-5-4-6-8-17/h4-13H,14H2,1-3H3. The summed E-state index contributed by atoms with van der Waals surface area (Å²) in [5.41, 5.74) is 4.82. The number of aromatic nitrogens is 2. The van der Waals surface area contributed by atoms with Crippen LogP contribution in [0.15, 0.2) is 60.7 Å². The maximum atomic E-state index is 12.6. The largest absolute Gasteiger partial charge is 0.337 e. The molecule has 24 heavy (non-hydrogen) atoms. The molecule has 0 N–H and O–H groups in total. The predicted molar refractivity (Wildman–Crippen MR) is 95.3 cm³/mol. The average molecular weight is 319 g/mol. The average Bonchev–Trinajstić information content (AvgIpc) is 2.93. The predicted octanol–water partition coefficient (Wildman–Crippen LogP) is 3.76. The van der Waals surface area contributed by atoms with Crippen molar-refractivity contribution in [1.82, 2.24) is 14.7 Å². The molecule has 0 aliphatic carbocycles. The second kappa shape index (κ2) is 6.71. The van der Waals surface area contributed by atoms with Crippen LogP contribution in [0.3, 0.4) is 0 Å². The monoisotopic (exact) mass is 319 g/mol. The van der Waals surface area contributed by atoms with E-state index in [-0.39, 0.29) is 5.91 Å². The van der Waals surface area contributed by atoms with E-state index in [1.807, 2.05) is 86.2 Å². The summed E-state index contributed by atoms with van der Waals surface area (Å²) in [6.07, 6.45) is 0. The summed E-state index contributed by atoms with van der Waals surface area (Å²) in [6.45, 7) is 4.59. The molecule has 3 rings (SSSR count). The fraction of sp³-hybridized carbons (Fsp3) is 0.200. The highest BCUT2D eigenvalue weighted by Crippen LogP contribution is 2.15. The Kier molecular flexibility index (Phi) is 4.47. The van der Waals surface area contributed by atoms with Gasteiger partial charge in [0.25, 0.3) is 5.91 Å². The van der Waals surface area contributed by atoms with Crippen molar-refractivity contribution in [2.45, 2.75) is 20.4 Å². The Hall–Kier alpha value is -2.88. The van der Waals surface area contributed by atoms with Gasteiger partial charge in [0, 0.05) is 24.8 Å². The van der Waals surface area contributed by atoms with Gasteiger partial charge in [0.05, 0.1) is 11.4 Å². The molecular weight excluding hydrogens is 298 g/mol. The third-order valence-electron chi connectivity index (χ3n) is 3.98. The lowest BCUT2D eigenvalue weighted by molar-refractivity contribution is 0.0785. The molecule has 0 aliphatic heterocycles. The zero-order valence-corrected chi connectivity index (χ0v) is 14.2. The van der Waals surface area contributed by atoms with Crippen molar-refractivity contribution in [3.63, 3.8) is 0 Å². The van der Waals surface area contributed by atoms with E-state index in [2.05, 4.69) is 5.10 Å². The van der Waals surface area contributed by atoms with Crippen LogP contribution in [-0.4, -0.2) is 27.6 Å². The third kappa shape index (κ3) is 3.38. The quantitative estimate of drug-likeness (QED) is 0.734. The van der Waals surface area contributed by atoms with Crippen LogP contribution in [0.2, 0.25) is 0 Å². The van der Waals surface area contributed by atoms with E-state index < -0.39 is 0 Å². The molecule has 0 saturated carbocycles. The number of nitrogens with zero attached hydrogens (tertiary/aromatic N) is 3. The molecule has 0 atom stereocenters. The second-order valence-electron chi connectivity index (χ2n) is 6.03. The van der Waals surface area contributed by atoms with E-state index in [4.69, 9.17) is 0 Å². The van der Waals surface area contributed by atoms with Crippen LogP contribution in [-0.2, 0) is 6.54 Å². The maximum absolute atomic E-state index is 12.6. The molecule has 0 bridgehead atoms. The number of rotatable bonds is 4. The Morgan fingerprint density at radius 1 is 1.04 bits per heavy atom. The van der Waals surface area contributed by atoms with Gasteiger partial charge in [-0.05, 0) is 49.7 Å². The molecule has 2 aromatic carbocycles. The van der Waals surface area contributed by atoms with Crippen LogP contribution in [0.5, 0.6) is 0 Å². The lowest BCUT2D eigenvalue weighted by atomic mass is 10.1. The smallest absolute Gasteiger partial charge is 0.253 e. The first-order valence-electron chi connectivity index (χ1n) is 7.97. The minimum atomic E-state index is 0.0128. The van der Waals surface area contributed by atoms with Crippen LogP contribution in [0.1, 0.15) is 27.3 Å². The summed E-state index contributed by atoms with van der Waals surface area (Å²) in [7, 11) is 1.82. The SMILES string of the molecule is Cc1cc(C)n(-c2ccc(C(=O)N(C)Cc3ccccc3)cc2)n1. The van der Waals surface area contributed by atoms with Crippen molar-refractivity contribution in [2.24, 2.45) is 0 Å². The van der Waals surface area contributed by atoms with Crippen LogP contribution >= 0.6 is 0 Å². The first-order chi connectivity index (χ1) is 11.5. The molecule has 0 fully saturated rings. The van der Waals surface area contributed by atoms with Crippen LogP contribution in [0.4, 0.5) is 0 Å². The highest BCUT2D eigenvalue weighted by Gasteiger charge is 2.12. The summed E-state index contributed by atoms with van der Waals surface area (Å²) in [6, 6.07) is 19.6. The van der Waals surface area contributed by atoms with E-state index in [0.29, 0.717) is 12.1 Å². The molecule has 4 nitrogen and oxygen atoms in total. The molecule has 3 aromatic rings. The van der Waals surface area contributed by atoms with E-state index in [0.717, 1.165) is 22.6 Å². The van der Waals surface area contributed by atoms with E-state index in [1.165, 1.54) is 0 Å². The minimum absolute atomic E-state index is 0.0128. The fourth-order valence-corrected chi connectivity index (χ4v) is 2.78. The van der Waals surface area contributed by atoms with Gasteiger partial charge in [-0.1, -0.05) is 30.3 Å². The van der Waals surface area contributed by atoms with E-state index in [1.54, 1.807) is 4.90 Å². The Bertz CT molecular complexity index is 835. The first kappa shape index (κ1) is 16.0. The Labute approximate surface area is 142 Å². The van der Waals surface area contributed by atoms with Crippen molar-refractivity contribution >= 4 is 5.91 Å². The van der Waals surface area contributed by atoms with Gasteiger partial charge in [0.15, 0.2) is 0 Å². The van der Waals surface area contributed by atoms with Crippen molar-refractivity contribution in [3.05, 3.63) is 83.2 Å². The topological polar surface area (TPSA) is 38.1 Å². The molecule has 1 amide bonds. The Morgan fingerprint density at radius 3 is 2.29 bits per heavy atom. The van der Waals surface area contributed by atoms with Crippen molar-refractivity contribution in [3.8, 4) is 5.69 Å². The number of amides is 1. The number of carbonyl (C=O) groups excluding carboxylic acids is 1. The first-order valence-corrected chi connectivity index (χ1v) is 7.97. The Balaban J connectivity index is 1.75. The molecule has 0 spiro atoms. The van der Waals surface area contributed by atoms with Gasteiger partial charge in [-0.25, -0.2) is 4.68 Å². The summed E-state index contributed by atoms with van der Waals surface area (Å²) in [5, 5.41) is 4.47. The number of hydrogen-bond donors (Lipinski definition) is 0. The number of hydrogen-bond acceptors (Lipinski definition) is 2. The minimum Gasteiger partial charge on any atom is -0.337 e. The molecule has 122 valence electrons. The molecule has 1 aromatic heterocycles. The molecule has 4 heteroatoms. The molecule has 0 radical (unpaired) electrons. The highest BCUT2D eigenvalue weighted by molar-refractivity contribution is 5.94. The molecular formula is C20H21N3O. The van der Waals surface area contributed by atoms with Gasteiger partial charge in [-0.15, -0.1) is 0 Å². The van der Waals surface area contributed by atoms with E-state index in [9.17, 15) is 4.79 Å². The van der Waals surface area contributed by atoms with Gasteiger partial charge in [-0.2, -0.15) is 5.10 Å². The molecule has 0 aliphatic rings. The molecule has 0 unspecified atom stereocenters. The normalized spacial score (nSPS) is 10.6. The van der Waals surface area contributed by atoms with Gasteiger partial charge < -0.3 is 4.90 Å². The van der Waals surface area contributed by atoms with Crippen LogP contribution in [0, 0.1) is 13.8 Å². The highest BCUT2D eigenvalue weighted by atomic mass is 16.2. The molecule has 1 heterocycles. The van der Waals surface area contributed by atoms with Crippen molar-refractivity contribution < 1.29 is 4.79 Å². The number of carbonyl (C=O) groups is 1.